The number of para-hydroxylation sites is 1. The number of nitrogens with two attached hydrogens (primary N) is 1. The molecule has 1 unspecified atom stereocenters. The molecule has 4 heteroatoms. The molecule has 4 nitrogen and oxygen atoms in total. The third-order valence-electron chi connectivity index (χ3n) is 4.57. The fraction of sp³-hybridized carbons (Fsp3) is 0.647. The molecule has 1 aromatic rings. The van der Waals surface area contributed by atoms with Crippen LogP contribution in [0.2, 0.25) is 0 Å². The van der Waals surface area contributed by atoms with E-state index in [0.29, 0.717) is 0 Å². The Bertz CT molecular complexity index is 530. The van der Waals surface area contributed by atoms with Gasteiger partial charge in [0.15, 0.2) is 0 Å². The largest absolute Gasteiger partial charge is 0.487 e. The fourth-order valence-electron chi connectivity index (χ4n) is 3.57. The number of aliphatic hydroxyl groups excluding tert-OH is 1. The molecule has 116 valence electrons. The fourth-order valence-corrected chi connectivity index (χ4v) is 3.57. The summed E-state index contributed by atoms with van der Waals surface area (Å²) in [6.07, 6.45) is 2.91. The quantitative estimate of drug-likeness (QED) is 0.889. The first-order valence-electron chi connectivity index (χ1n) is 7.83. The Labute approximate surface area is 126 Å². The minimum atomic E-state index is -0.448. The van der Waals surface area contributed by atoms with Gasteiger partial charge in [0.2, 0.25) is 0 Å². The summed E-state index contributed by atoms with van der Waals surface area (Å²) in [5, 5.41) is 9.48. The Balaban J connectivity index is 1.76. The minimum absolute atomic E-state index is 0.0555. The van der Waals surface area contributed by atoms with Crippen LogP contribution in [-0.4, -0.2) is 40.8 Å². The number of ether oxygens (including phenoxy) is 1. The molecule has 0 bridgehead atoms. The molecule has 1 atom stereocenters. The van der Waals surface area contributed by atoms with Gasteiger partial charge < -0.3 is 15.6 Å². The van der Waals surface area contributed by atoms with Crippen LogP contribution in [0.1, 0.15) is 37.8 Å². The first kappa shape index (κ1) is 14.8. The smallest absolute Gasteiger partial charge is 0.127 e. The average molecular weight is 290 g/mol. The minimum Gasteiger partial charge on any atom is -0.487 e. The molecule has 3 rings (SSSR count). The van der Waals surface area contributed by atoms with Gasteiger partial charge in [-0.15, -0.1) is 0 Å². The molecule has 0 radical (unpaired) electrons. The van der Waals surface area contributed by atoms with Crippen LogP contribution in [0.25, 0.3) is 0 Å². The van der Waals surface area contributed by atoms with Crippen LogP contribution in [0, 0.1) is 0 Å². The molecule has 2 aliphatic heterocycles. The normalized spacial score (nSPS) is 28.2. The SMILES string of the molecule is CC1(C)Cc2cccc(CN3CCCC(N)(CO)C3)c2O1. The van der Waals surface area contributed by atoms with Gasteiger partial charge >= 0.3 is 0 Å². The first-order chi connectivity index (χ1) is 9.91. The molecule has 21 heavy (non-hydrogen) atoms. The summed E-state index contributed by atoms with van der Waals surface area (Å²) >= 11 is 0. The zero-order valence-electron chi connectivity index (χ0n) is 13.1. The lowest BCUT2D eigenvalue weighted by atomic mass is 9.90. The summed E-state index contributed by atoms with van der Waals surface area (Å²) in [5.41, 5.74) is 8.22. The van der Waals surface area contributed by atoms with E-state index < -0.39 is 5.54 Å². The van der Waals surface area contributed by atoms with Crippen molar-refractivity contribution in [3.63, 3.8) is 0 Å². The highest BCUT2D eigenvalue weighted by Crippen LogP contribution is 2.38. The van der Waals surface area contributed by atoms with Crippen molar-refractivity contribution in [2.75, 3.05) is 19.7 Å². The van der Waals surface area contributed by atoms with Gasteiger partial charge in [-0.05, 0) is 38.8 Å². The van der Waals surface area contributed by atoms with Crippen molar-refractivity contribution in [2.45, 2.75) is 50.8 Å². The van der Waals surface area contributed by atoms with E-state index >= 15 is 0 Å². The molecule has 1 aromatic carbocycles. The van der Waals surface area contributed by atoms with E-state index in [1.54, 1.807) is 0 Å². The van der Waals surface area contributed by atoms with Gasteiger partial charge in [0.25, 0.3) is 0 Å². The molecule has 0 aliphatic carbocycles. The van der Waals surface area contributed by atoms with Gasteiger partial charge in [-0.25, -0.2) is 0 Å². The summed E-state index contributed by atoms with van der Waals surface area (Å²) in [7, 11) is 0. The lowest BCUT2D eigenvalue weighted by Crippen LogP contribution is -2.56. The van der Waals surface area contributed by atoms with E-state index in [-0.39, 0.29) is 12.2 Å². The summed E-state index contributed by atoms with van der Waals surface area (Å²) in [5.74, 6) is 1.06. The van der Waals surface area contributed by atoms with Crippen LogP contribution in [-0.2, 0) is 13.0 Å². The number of aliphatic hydroxyl groups is 1. The van der Waals surface area contributed by atoms with Gasteiger partial charge in [-0.1, -0.05) is 18.2 Å². The van der Waals surface area contributed by atoms with E-state index in [2.05, 4.69) is 36.9 Å². The molecule has 3 N–H and O–H groups in total. The Kier molecular flexibility index (Phi) is 3.72. The van der Waals surface area contributed by atoms with Gasteiger partial charge in [-0.2, -0.15) is 0 Å². The highest BCUT2D eigenvalue weighted by Gasteiger charge is 2.34. The summed E-state index contributed by atoms with van der Waals surface area (Å²) in [6.45, 7) is 6.95. The number of benzene rings is 1. The van der Waals surface area contributed by atoms with Crippen molar-refractivity contribution in [1.29, 1.82) is 0 Å². The molecule has 0 saturated carbocycles. The monoisotopic (exact) mass is 290 g/mol. The Morgan fingerprint density at radius 2 is 2.19 bits per heavy atom. The van der Waals surface area contributed by atoms with Crippen LogP contribution >= 0.6 is 0 Å². The highest BCUT2D eigenvalue weighted by atomic mass is 16.5. The zero-order valence-corrected chi connectivity index (χ0v) is 13.1. The van der Waals surface area contributed by atoms with Crippen LogP contribution in [0.4, 0.5) is 0 Å². The molecule has 1 saturated heterocycles. The molecule has 0 spiro atoms. The lowest BCUT2D eigenvalue weighted by molar-refractivity contribution is 0.0879. The van der Waals surface area contributed by atoms with Crippen LogP contribution < -0.4 is 10.5 Å². The number of likely N-dealkylation sites (tertiary alicyclic amines) is 1. The standard InChI is InChI=1S/C17H26N2O2/c1-16(2)9-13-5-3-6-14(15(13)21-16)10-19-8-4-7-17(18,11-19)12-20/h3,5-6,20H,4,7-12,18H2,1-2H3. The number of fused-ring (bicyclic) bond motifs is 1. The summed E-state index contributed by atoms with van der Waals surface area (Å²) in [4.78, 5) is 2.34. The molecule has 0 aromatic heterocycles. The van der Waals surface area contributed by atoms with Gasteiger partial charge in [0, 0.05) is 25.1 Å². The van der Waals surface area contributed by atoms with Crippen molar-refractivity contribution in [3.8, 4) is 5.75 Å². The summed E-state index contributed by atoms with van der Waals surface area (Å²) in [6, 6.07) is 6.42. The van der Waals surface area contributed by atoms with E-state index in [1.165, 1.54) is 11.1 Å². The van der Waals surface area contributed by atoms with Crippen molar-refractivity contribution < 1.29 is 9.84 Å². The third kappa shape index (κ3) is 3.07. The molecular formula is C17H26N2O2. The Hall–Kier alpha value is -1.10. The van der Waals surface area contributed by atoms with E-state index in [9.17, 15) is 5.11 Å². The second kappa shape index (κ2) is 5.27. The lowest BCUT2D eigenvalue weighted by Gasteiger charge is -2.39. The number of hydrogen-bond donors (Lipinski definition) is 2. The predicted molar refractivity (Wildman–Crippen MR) is 83.4 cm³/mol. The number of nitrogens with zero attached hydrogens (tertiary/aromatic N) is 1. The highest BCUT2D eigenvalue weighted by molar-refractivity contribution is 5.45. The maximum Gasteiger partial charge on any atom is 0.127 e. The van der Waals surface area contributed by atoms with Gasteiger partial charge in [0.05, 0.1) is 12.1 Å². The molecular weight excluding hydrogens is 264 g/mol. The third-order valence-corrected chi connectivity index (χ3v) is 4.57. The van der Waals surface area contributed by atoms with Gasteiger partial charge in [-0.3, -0.25) is 4.90 Å². The topological polar surface area (TPSA) is 58.7 Å². The second-order valence-electron chi connectivity index (χ2n) is 7.28. The Morgan fingerprint density at radius 1 is 1.38 bits per heavy atom. The maximum absolute atomic E-state index is 9.48. The maximum atomic E-state index is 9.48. The second-order valence-corrected chi connectivity index (χ2v) is 7.28. The molecule has 2 heterocycles. The first-order valence-corrected chi connectivity index (χ1v) is 7.83. The number of piperidine rings is 1. The van der Waals surface area contributed by atoms with Crippen LogP contribution in [0.5, 0.6) is 5.75 Å². The Morgan fingerprint density at radius 3 is 2.95 bits per heavy atom. The molecule has 2 aliphatic rings. The average Bonchev–Trinajstić information content (AvgIpc) is 2.74. The molecule has 0 amide bonds. The van der Waals surface area contributed by atoms with Crippen LogP contribution in [0.3, 0.4) is 0 Å². The summed E-state index contributed by atoms with van der Waals surface area (Å²) < 4.78 is 6.14. The van der Waals surface area contributed by atoms with Gasteiger partial charge in [0.1, 0.15) is 11.4 Å². The number of rotatable bonds is 3. The van der Waals surface area contributed by atoms with E-state index in [1.807, 2.05) is 0 Å². The van der Waals surface area contributed by atoms with Crippen molar-refractivity contribution in [2.24, 2.45) is 5.73 Å². The predicted octanol–water partition coefficient (Wildman–Crippen LogP) is 1.69. The van der Waals surface area contributed by atoms with Crippen molar-refractivity contribution >= 4 is 0 Å². The molecule has 1 fully saturated rings. The zero-order chi connectivity index (χ0) is 15.1. The van der Waals surface area contributed by atoms with Crippen molar-refractivity contribution in [1.82, 2.24) is 4.90 Å². The van der Waals surface area contributed by atoms with E-state index in [0.717, 1.165) is 44.6 Å². The number of hydrogen-bond acceptors (Lipinski definition) is 4. The van der Waals surface area contributed by atoms with Crippen LogP contribution in [0.15, 0.2) is 18.2 Å². The van der Waals surface area contributed by atoms with E-state index in [4.69, 9.17) is 10.5 Å². The van der Waals surface area contributed by atoms with Crippen molar-refractivity contribution in [3.05, 3.63) is 29.3 Å².